The Bertz CT molecular complexity index is 1500. The van der Waals surface area contributed by atoms with Crippen LogP contribution in [0.5, 0.6) is 0 Å². The molecule has 1 N–H and O–H groups in total. The number of thioether (sulfide) groups is 1. The molecule has 5 rings (SSSR count). The lowest BCUT2D eigenvalue weighted by molar-refractivity contribution is -0.118. The Morgan fingerprint density at radius 1 is 0.882 bits per heavy atom. The van der Waals surface area contributed by atoms with Gasteiger partial charge in [-0.3, -0.25) is 14.0 Å². The fourth-order valence-electron chi connectivity index (χ4n) is 3.93. The van der Waals surface area contributed by atoms with E-state index in [0.717, 1.165) is 12.8 Å². The Balaban J connectivity index is 1.36. The molecule has 2 aromatic heterocycles. The van der Waals surface area contributed by atoms with Crippen LogP contribution in [0, 0.1) is 0 Å². The molecular formula is C26H23N5O2S. The summed E-state index contributed by atoms with van der Waals surface area (Å²) in [6.07, 6.45) is 1.80. The van der Waals surface area contributed by atoms with Gasteiger partial charge in [-0.2, -0.15) is 0 Å². The van der Waals surface area contributed by atoms with Crippen LogP contribution in [0.15, 0.2) is 94.9 Å². The van der Waals surface area contributed by atoms with Gasteiger partial charge in [0.05, 0.1) is 22.3 Å². The first-order valence-corrected chi connectivity index (χ1v) is 12.1. The molecule has 0 unspecified atom stereocenters. The van der Waals surface area contributed by atoms with Crippen LogP contribution in [0.2, 0.25) is 0 Å². The average molecular weight is 470 g/mol. The summed E-state index contributed by atoms with van der Waals surface area (Å²) < 4.78 is 3.40. The van der Waals surface area contributed by atoms with Crippen LogP contribution >= 0.6 is 11.8 Å². The minimum absolute atomic E-state index is 0.0597. The monoisotopic (exact) mass is 469 g/mol. The number of benzene rings is 3. The van der Waals surface area contributed by atoms with Crippen molar-refractivity contribution in [2.75, 3.05) is 12.3 Å². The molecular weight excluding hydrogens is 446 g/mol. The molecule has 0 aliphatic heterocycles. The van der Waals surface area contributed by atoms with Gasteiger partial charge in [0.25, 0.3) is 5.56 Å². The van der Waals surface area contributed by atoms with Crippen molar-refractivity contribution < 1.29 is 4.79 Å². The fraction of sp³-hybridized carbons (Fsp3) is 0.154. The number of carbonyl (C=O) groups excluding carboxylic acids is 1. The number of aryl methyl sites for hydroxylation is 1. The van der Waals surface area contributed by atoms with Crippen molar-refractivity contribution in [2.24, 2.45) is 0 Å². The molecule has 5 aromatic rings. The van der Waals surface area contributed by atoms with Crippen molar-refractivity contribution >= 4 is 34.3 Å². The van der Waals surface area contributed by atoms with E-state index in [0.29, 0.717) is 34.1 Å². The first-order chi connectivity index (χ1) is 16.7. The topological polar surface area (TPSA) is 81.3 Å². The van der Waals surface area contributed by atoms with E-state index in [-0.39, 0.29) is 17.2 Å². The van der Waals surface area contributed by atoms with Gasteiger partial charge in [-0.05, 0) is 42.7 Å². The van der Waals surface area contributed by atoms with E-state index >= 15 is 0 Å². The normalized spacial score (nSPS) is 11.2. The van der Waals surface area contributed by atoms with E-state index in [2.05, 4.69) is 27.6 Å². The molecule has 0 atom stereocenters. The highest BCUT2D eigenvalue weighted by atomic mass is 32.2. The number of fused-ring (bicyclic) bond motifs is 3. The minimum atomic E-state index is -0.158. The molecule has 0 radical (unpaired) electrons. The lowest BCUT2D eigenvalue weighted by atomic mass is 10.1. The highest BCUT2D eigenvalue weighted by Gasteiger charge is 2.18. The van der Waals surface area contributed by atoms with E-state index in [1.807, 2.05) is 71.1 Å². The maximum absolute atomic E-state index is 13.3. The van der Waals surface area contributed by atoms with Crippen LogP contribution < -0.4 is 10.9 Å². The van der Waals surface area contributed by atoms with E-state index in [1.54, 1.807) is 10.6 Å². The molecule has 0 saturated heterocycles. The van der Waals surface area contributed by atoms with E-state index in [1.165, 1.54) is 17.3 Å². The summed E-state index contributed by atoms with van der Waals surface area (Å²) in [5, 5.41) is 12.7. The second-order valence-electron chi connectivity index (χ2n) is 7.84. The molecule has 3 aromatic carbocycles. The molecule has 0 bridgehead atoms. The SMILES string of the molecule is O=C(CSc1nnc2n(-c3ccccc3)c(=O)c3ccccc3n12)NCCCc1ccccc1. The molecule has 2 heterocycles. The van der Waals surface area contributed by atoms with E-state index < -0.39 is 0 Å². The largest absolute Gasteiger partial charge is 0.355 e. The number of amides is 1. The molecule has 34 heavy (non-hydrogen) atoms. The number of para-hydroxylation sites is 2. The second-order valence-corrected chi connectivity index (χ2v) is 8.78. The summed E-state index contributed by atoms with van der Waals surface area (Å²) in [6.45, 7) is 0.616. The van der Waals surface area contributed by atoms with Gasteiger partial charge >= 0.3 is 0 Å². The third-order valence-electron chi connectivity index (χ3n) is 5.55. The van der Waals surface area contributed by atoms with Crippen molar-refractivity contribution in [3.8, 4) is 5.69 Å². The van der Waals surface area contributed by atoms with Crippen LogP contribution in [-0.2, 0) is 11.2 Å². The highest BCUT2D eigenvalue weighted by molar-refractivity contribution is 7.99. The molecule has 0 aliphatic rings. The summed E-state index contributed by atoms with van der Waals surface area (Å²) >= 11 is 1.31. The lowest BCUT2D eigenvalue weighted by Gasteiger charge is -2.11. The van der Waals surface area contributed by atoms with Crippen molar-refractivity contribution in [3.05, 3.63) is 101 Å². The summed E-state index contributed by atoms with van der Waals surface area (Å²) in [4.78, 5) is 25.7. The van der Waals surface area contributed by atoms with Crippen molar-refractivity contribution in [3.63, 3.8) is 0 Å². The number of hydrogen-bond acceptors (Lipinski definition) is 5. The summed E-state index contributed by atoms with van der Waals surface area (Å²) in [5.41, 5.74) is 2.53. The van der Waals surface area contributed by atoms with Gasteiger partial charge < -0.3 is 5.32 Å². The van der Waals surface area contributed by atoms with Crippen LogP contribution in [-0.4, -0.2) is 37.4 Å². The van der Waals surface area contributed by atoms with Gasteiger partial charge in [-0.25, -0.2) is 4.57 Å². The number of nitrogens with one attached hydrogen (secondary N) is 1. The highest BCUT2D eigenvalue weighted by Crippen LogP contribution is 2.23. The summed E-state index contributed by atoms with van der Waals surface area (Å²) in [6, 6.07) is 27.0. The van der Waals surface area contributed by atoms with Gasteiger partial charge in [-0.1, -0.05) is 72.4 Å². The first-order valence-electron chi connectivity index (χ1n) is 11.1. The predicted molar refractivity (Wildman–Crippen MR) is 135 cm³/mol. The zero-order valence-corrected chi connectivity index (χ0v) is 19.2. The molecule has 0 fully saturated rings. The minimum Gasteiger partial charge on any atom is -0.355 e. The number of rotatable bonds is 8. The molecule has 0 aliphatic carbocycles. The predicted octanol–water partition coefficient (Wildman–Crippen LogP) is 3.87. The zero-order valence-electron chi connectivity index (χ0n) is 18.4. The van der Waals surface area contributed by atoms with Gasteiger partial charge in [0, 0.05) is 6.54 Å². The third kappa shape index (κ3) is 4.45. The Kier molecular flexibility index (Phi) is 6.40. The van der Waals surface area contributed by atoms with Crippen molar-refractivity contribution in [1.29, 1.82) is 0 Å². The van der Waals surface area contributed by atoms with Crippen LogP contribution in [0.25, 0.3) is 22.4 Å². The Hall–Kier alpha value is -3.91. The number of nitrogens with zero attached hydrogens (tertiary/aromatic N) is 4. The number of hydrogen-bond donors (Lipinski definition) is 1. The van der Waals surface area contributed by atoms with Gasteiger partial charge in [0.1, 0.15) is 0 Å². The maximum Gasteiger partial charge on any atom is 0.267 e. The molecule has 0 saturated carbocycles. The van der Waals surface area contributed by atoms with E-state index in [9.17, 15) is 9.59 Å². The molecule has 1 amide bonds. The average Bonchev–Trinajstić information content (AvgIpc) is 3.30. The van der Waals surface area contributed by atoms with Crippen LogP contribution in [0.1, 0.15) is 12.0 Å². The van der Waals surface area contributed by atoms with Gasteiger partial charge in [0.2, 0.25) is 11.7 Å². The van der Waals surface area contributed by atoms with Crippen LogP contribution in [0.4, 0.5) is 0 Å². The van der Waals surface area contributed by atoms with Crippen molar-refractivity contribution in [2.45, 2.75) is 18.0 Å². The summed E-state index contributed by atoms with van der Waals surface area (Å²) in [7, 11) is 0. The Morgan fingerprint density at radius 3 is 2.38 bits per heavy atom. The second kappa shape index (κ2) is 9.93. The Labute approximate surface area is 200 Å². The lowest BCUT2D eigenvalue weighted by Crippen LogP contribution is -2.26. The third-order valence-corrected chi connectivity index (χ3v) is 6.48. The fourth-order valence-corrected chi connectivity index (χ4v) is 4.70. The quantitative estimate of drug-likeness (QED) is 0.276. The smallest absolute Gasteiger partial charge is 0.267 e. The molecule has 170 valence electrons. The van der Waals surface area contributed by atoms with E-state index in [4.69, 9.17) is 0 Å². The summed E-state index contributed by atoms with van der Waals surface area (Å²) in [5.74, 6) is 0.571. The van der Waals surface area contributed by atoms with Gasteiger partial charge in [-0.15, -0.1) is 10.2 Å². The Morgan fingerprint density at radius 2 is 1.59 bits per heavy atom. The number of aromatic nitrogens is 4. The molecule has 0 spiro atoms. The molecule has 8 heteroatoms. The zero-order chi connectivity index (χ0) is 23.3. The number of carbonyl (C=O) groups is 1. The van der Waals surface area contributed by atoms with Gasteiger partial charge in [0.15, 0.2) is 5.16 Å². The van der Waals surface area contributed by atoms with Crippen molar-refractivity contribution in [1.82, 2.24) is 24.5 Å². The first kappa shape index (κ1) is 21.9. The standard InChI is InChI=1S/C26H23N5O2S/c32-23(27-17-9-12-19-10-3-1-4-11-19)18-34-26-29-28-25-30(20-13-5-2-6-14-20)24(33)21-15-7-8-16-22(21)31(25)26/h1-8,10-11,13-16H,9,12,17-18H2,(H,27,32). The molecule has 7 nitrogen and oxygen atoms in total. The maximum atomic E-state index is 13.3. The van der Waals surface area contributed by atoms with Crippen LogP contribution in [0.3, 0.4) is 0 Å².